The van der Waals surface area contributed by atoms with Crippen molar-refractivity contribution in [3.8, 4) is 11.8 Å². The Morgan fingerprint density at radius 2 is 2.05 bits per heavy atom. The molecule has 3 nitrogen and oxygen atoms in total. The molecular formula is C15H17Cl2NO2. The van der Waals surface area contributed by atoms with Gasteiger partial charge in [0.25, 0.3) is 0 Å². The van der Waals surface area contributed by atoms with E-state index < -0.39 is 11.7 Å². The van der Waals surface area contributed by atoms with Gasteiger partial charge in [0.05, 0.1) is 5.02 Å². The number of amides is 1. The number of carbonyl (C=O) groups is 1. The number of halogens is 2. The number of hydrogen-bond acceptors (Lipinski definition) is 2. The highest BCUT2D eigenvalue weighted by Gasteiger charge is 2.15. The van der Waals surface area contributed by atoms with Gasteiger partial charge in [0.1, 0.15) is 5.60 Å². The standard InChI is InChI=1S/C15H17Cl2NO2/c1-15(2,3)20-14(19)18-9-5-4-6-11-10-12(16)7-8-13(11)17/h7-8,10H,5,9H2,1-3H3,(H,18,19). The van der Waals surface area contributed by atoms with Gasteiger partial charge in [-0.3, -0.25) is 0 Å². The molecule has 0 saturated heterocycles. The van der Waals surface area contributed by atoms with Crippen molar-refractivity contribution in [2.45, 2.75) is 32.8 Å². The normalized spacial score (nSPS) is 10.4. The number of hydrogen-bond donors (Lipinski definition) is 1. The largest absolute Gasteiger partial charge is 0.444 e. The van der Waals surface area contributed by atoms with Gasteiger partial charge in [0, 0.05) is 23.6 Å². The third kappa shape index (κ3) is 6.70. The Balaban J connectivity index is 2.40. The second-order valence-corrected chi connectivity index (χ2v) is 5.95. The molecular weight excluding hydrogens is 297 g/mol. The summed E-state index contributed by atoms with van der Waals surface area (Å²) in [5.41, 5.74) is 0.181. The summed E-state index contributed by atoms with van der Waals surface area (Å²) in [5.74, 6) is 5.84. The van der Waals surface area contributed by atoms with Crippen molar-refractivity contribution in [1.82, 2.24) is 5.32 Å². The lowest BCUT2D eigenvalue weighted by Gasteiger charge is -2.19. The Morgan fingerprint density at radius 3 is 2.70 bits per heavy atom. The smallest absolute Gasteiger partial charge is 0.407 e. The van der Waals surface area contributed by atoms with Crippen LogP contribution in [0.2, 0.25) is 10.0 Å². The average Bonchev–Trinajstić information content (AvgIpc) is 2.30. The Bertz CT molecular complexity index is 539. The van der Waals surface area contributed by atoms with Gasteiger partial charge in [-0.2, -0.15) is 0 Å². The molecule has 0 heterocycles. The lowest BCUT2D eigenvalue weighted by atomic mass is 10.2. The minimum Gasteiger partial charge on any atom is -0.444 e. The van der Waals surface area contributed by atoms with Gasteiger partial charge < -0.3 is 10.1 Å². The number of ether oxygens (including phenoxy) is 1. The Morgan fingerprint density at radius 1 is 1.35 bits per heavy atom. The molecule has 1 aromatic rings. The highest BCUT2D eigenvalue weighted by molar-refractivity contribution is 6.33. The number of alkyl carbamates (subject to hydrolysis) is 1. The van der Waals surface area contributed by atoms with Crippen LogP contribution in [0.4, 0.5) is 4.79 Å². The maximum atomic E-state index is 11.4. The highest BCUT2D eigenvalue weighted by atomic mass is 35.5. The molecule has 0 aliphatic rings. The molecule has 0 saturated carbocycles. The van der Waals surface area contributed by atoms with Crippen LogP contribution in [-0.4, -0.2) is 18.2 Å². The minimum atomic E-state index is -0.496. The number of carbonyl (C=O) groups excluding carboxylic acids is 1. The van der Waals surface area contributed by atoms with Crippen LogP contribution < -0.4 is 5.32 Å². The number of rotatable bonds is 2. The van der Waals surface area contributed by atoms with Crippen molar-refractivity contribution < 1.29 is 9.53 Å². The average molecular weight is 314 g/mol. The van der Waals surface area contributed by atoms with Crippen LogP contribution in [0.3, 0.4) is 0 Å². The summed E-state index contributed by atoms with van der Waals surface area (Å²) in [5, 5.41) is 3.77. The molecule has 20 heavy (non-hydrogen) atoms. The van der Waals surface area contributed by atoms with E-state index in [2.05, 4.69) is 17.2 Å². The summed E-state index contributed by atoms with van der Waals surface area (Å²) in [6, 6.07) is 5.12. The zero-order valence-corrected chi connectivity index (χ0v) is 13.2. The fourth-order valence-electron chi connectivity index (χ4n) is 1.29. The summed E-state index contributed by atoms with van der Waals surface area (Å²) >= 11 is 11.8. The molecule has 1 rings (SSSR count). The molecule has 1 aromatic carbocycles. The van der Waals surface area contributed by atoms with Crippen LogP contribution >= 0.6 is 23.2 Å². The van der Waals surface area contributed by atoms with Gasteiger partial charge in [0.15, 0.2) is 0 Å². The molecule has 0 aliphatic heterocycles. The third-order valence-corrected chi connectivity index (χ3v) is 2.63. The first kappa shape index (κ1) is 16.7. The fraction of sp³-hybridized carbons (Fsp3) is 0.400. The summed E-state index contributed by atoms with van der Waals surface area (Å²) in [6.45, 7) is 5.86. The van der Waals surface area contributed by atoms with E-state index in [4.69, 9.17) is 27.9 Å². The van der Waals surface area contributed by atoms with Crippen LogP contribution in [0.5, 0.6) is 0 Å². The van der Waals surface area contributed by atoms with Crippen molar-refractivity contribution in [2.24, 2.45) is 0 Å². The molecule has 0 atom stereocenters. The van der Waals surface area contributed by atoms with Gasteiger partial charge in [-0.05, 0) is 39.0 Å². The first-order chi connectivity index (χ1) is 9.28. The fourth-order valence-corrected chi connectivity index (χ4v) is 1.63. The minimum absolute atomic E-state index is 0.417. The van der Waals surface area contributed by atoms with E-state index in [1.807, 2.05) is 20.8 Å². The Labute approximate surface area is 129 Å². The van der Waals surface area contributed by atoms with Gasteiger partial charge in [-0.15, -0.1) is 0 Å². The van der Waals surface area contributed by atoms with E-state index in [0.29, 0.717) is 28.6 Å². The maximum Gasteiger partial charge on any atom is 0.407 e. The Kier molecular flexibility index (Phi) is 6.19. The molecule has 0 fully saturated rings. The van der Waals surface area contributed by atoms with Crippen molar-refractivity contribution in [1.29, 1.82) is 0 Å². The summed E-state index contributed by atoms with van der Waals surface area (Å²) in [6.07, 6.45) is 0.0577. The van der Waals surface area contributed by atoms with Crippen molar-refractivity contribution in [2.75, 3.05) is 6.54 Å². The van der Waals surface area contributed by atoms with Crippen LogP contribution in [-0.2, 0) is 4.74 Å². The van der Waals surface area contributed by atoms with Crippen molar-refractivity contribution in [3.05, 3.63) is 33.8 Å². The zero-order chi connectivity index (χ0) is 15.2. The molecule has 5 heteroatoms. The van der Waals surface area contributed by atoms with Crippen LogP contribution in [0.15, 0.2) is 18.2 Å². The first-order valence-corrected chi connectivity index (χ1v) is 6.94. The third-order valence-electron chi connectivity index (χ3n) is 2.07. The summed E-state index contributed by atoms with van der Waals surface area (Å²) in [7, 11) is 0. The zero-order valence-electron chi connectivity index (χ0n) is 11.7. The molecule has 0 spiro atoms. The number of nitrogens with one attached hydrogen (secondary N) is 1. The second kappa shape index (κ2) is 7.42. The topological polar surface area (TPSA) is 38.3 Å². The van der Waals surface area contributed by atoms with Crippen LogP contribution in [0.25, 0.3) is 0 Å². The molecule has 1 N–H and O–H groups in total. The molecule has 0 aliphatic carbocycles. The predicted molar refractivity (Wildman–Crippen MR) is 82.2 cm³/mol. The molecule has 0 aromatic heterocycles. The van der Waals surface area contributed by atoms with Gasteiger partial charge in [-0.25, -0.2) is 4.79 Å². The van der Waals surface area contributed by atoms with Crippen molar-refractivity contribution in [3.63, 3.8) is 0 Å². The van der Waals surface area contributed by atoms with E-state index in [9.17, 15) is 4.79 Å². The monoisotopic (exact) mass is 313 g/mol. The van der Waals surface area contributed by atoms with Gasteiger partial charge in [-0.1, -0.05) is 35.0 Å². The molecule has 0 radical (unpaired) electrons. The summed E-state index contributed by atoms with van der Waals surface area (Å²) < 4.78 is 5.10. The van der Waals surface area contributed by atoms with Crippen LogP contribution in [0.1, 0.15) is 32.8 Å². The SMILES string of the molecule is CC(C)(C)OC(=O)NCCC#Cc1cc(Cl)ccc1Cl. The molecule has 0 bridgehead atoms. The lowest BCUT2D eigenvalue weighted by Crippen LogP contribution is -2.32. The first-order valence-electron chi connectivity index (χ1n) is 6.19. The van der Waals surface area contributed by atoms with Gasteiger partial charge in [0.2, 0.25) is 0 Å². The van der Waals surface area contributed by atoms with E-state index in [0.717, 1.165) is 0 Å². The van der Waals surface area contributed by atoms with E-state index in [1.54, 1.807) is 18.2 Å². The maximum absolute atomic E-state index is 11.4. The molecule has 108 valence electrons. The van der Waals surface area contributed by atoms with Crippen molar-refractivity contribution >= 4 is 29.3 Å². The Hall–Kier alpha value is -1.37. The summed E-state index contributed by atoms with van der Waals surface area (Å²) in [4.78, 5) is 11.4. The molecule has 1 amide bonds. The van der Waals surface area contributed by atoms with E-state index in [1.165, 1.54) is 0 Å². The second-order valence-electron chi connectivity index (χ2n) is 5.10. The lowest BCUT2D eigenvalue weighted by molar-refractivity contribution is 0.0529. The van der Waals surface area contributed by atoms with Gasteiger partial charge >= 0.3 is 6.09 Å². The number of benzene rings is 1. The molecule has 0 unspecified atom stereocenters. The van der Waals surface area contributed by atoms with Crippen LogP contribution in [0, 0.1) is 11.8 Å². The van der Waals surface area contributed by atoms with E-state index in [-0.39, 0.29) is 0 Å². The quantitative estimate of drug-likeness (QED) is 0.654. The highest BCUT2D eigenvalue weighted by Crippen LogP contribution is 2.19. The predicted octanol–water partition coefficient (Wildman–Crippen LogP) is 4.26. The van der Waals surface area contributed by atoms with E-state index >= 15 is 0 Å².